The summed E-state index contributed by atoms with van der Waals surface area (Å²) in [5.41, 5.74) is 3.64. The molecule has 2 amide bonds. The Balaban J connectivity index is 1.63. The molecule has 2 N–H and O–H groups in total. The van der Waals surface area contributed by atoms with E-state index < -0.39 is 0 Å². The lowest BCUT2D eigenvalue weighted by Gasteiger charge is -2.13. The molecule has 0 heterocycles. The van der Waals surface area contributed by atoms with Crippen LogP contribution in [0, 0.1) is 6.92 Å². The Kier molecular flexibility index (Phi) is 6.85. The third-order valence-electron chi connectivity index (χ3n) is 4.21. The smallest absolute Gasteiger partial charge is 0.229 e. The van der Waals surface area contributed by atoms with E-state index in [0.717, 1.165) is 30.4 Å². The Morgan fingerprint density at radius 1 is 1.09 bits per heavy atom. The molecule has 23 heavy (non-hydrogen) atoms. The first-order chi connectivity index (χ1) is 11.1. The van der Waals surface area contributed by atoms with Crippen molar-refractivity contribution >= 4 is 11.8 Å². The number of carbonyl (C=O) groups is 2. The summed E-state index contributed by atoms with van der Waals surface area (Å²) >= 11 is 0. The van der Waals surface area contributed by atoms with Gasteiger partial charge >= 0.3 is 0 Å². The van der Waals surface area contributed by atoms with Gasteiger partial charge in [-0.3, -0.25) is 9.59 Å². The van der Waals surface area contributed by atoms with Crippen LogP contribution >= 0.6 is 0 Å². The van der Waals surface area contributed by atoms with E-state index in [1.165, 1.54) is 18.4 Å². The minimum absolute atomic E-state index is 0.106. The van der Waals surface area contributed by atoms with Crippen molar-refractivity contribution in [2.24, 2.45) is 0 Å². The highest BCUT2D eigenvalue weighted by Crippen LogP contribution is 2.19. The predicted octanol–water partition coefficient (Wildman–Crippen LogP) is 3.01. The SMILES string of the molecule is Cc1ccccc1CNC(=O)CC(=O)NCCC1=CCCCC1. The number of rotatable bonds is 7. The van der Waals surface area contributed by atoms with Gasteiger partial charge in [0.15, 0.2) is 0 Å². The van der Waals surface area contributed by atoms with E-state index in [2.05, 4.69) is 16.7 Å². The van der Waals surface area contributed by atoms with Gasteiger partial charge in [-0.05, 0) is 50.2 Å². The molecule has 0 radical (unpaired) electrons. The average Bonchev–Trinajstić information content (AvgIpc) is 2.55. The quantitative estimate of drug-likeness (QED) is 0.600. The average molecular weight is 314 g/mol. The molecule has 1 aromatic carbocycles. The number of hydrogen-bond donors (Lipinski definition) is 2. The largest absolute Gasteiger partial charge is 0.355 e. The van der Waals surface area contributed by atoms with Crippen molar-refractivity contribution < 1.29 is 9.59 Å². The highest BCUT2D eigenvalue weighted by molar-refractivity contribution is 5.96. The van der Waals surface area contributed by atoms with Crippen molar-refractivity contribution in [2.45, 2.75) is 52.0 Å². The van der Waals surface area contributed by atoms with Gasteiger partial charge in [-0.15, -0.1) is 0 Å². The van der Waals surface area contributed by atoms with Gasteiger partial charge < -0.3 is 10.6 Å². The van der Waals surface area contributed by atoms with E-state index in [-0.39, 0.29) is 18.2 Å². The van der Waals surface area contributed by atoms with Crippen LogP contribution in [0.5, 0.6) is 0 Å². The van der Waals surface area contributed by atoms with Gasteiger partial charge in [-0.25, -0.2) is 0 Å². The second-order valence-electron chi connectivity index (χ2n) is 6.09. The van der Waals surface area contributed by atoms with Gasteiger partial charge in [0, 0.05) is 13.1 Å². The van der Waals surface area contributed by atoms with Crippen LogP contribution < -0.4 is 10.6 Å². The summed E-state index contributed by atoms with van der Waals surface area (Å²) in [6.45, 7) is 3.09. The number of aryl methyl sites for hydroxylation is 1. The van der Waals surface area contributed by atoms with Crippen LogP contribution in [-0.2, 0) is 16.1 Å². The van der Waals surface area contributed by atoms with E-state index in [9.17, 15) is 9.59 Å². The van der Waals surface area contributed by atoms with Gasteiger partial charge in [-0.2, -0.15) is 0 Å². The van der Waals surface area contributed by atoms with Gasteiger partial charge in [0.05, 0.1) is 0 Å². The van der Waals surface area contributed by atoms with Crippen LogP contribution in [0.3, 0.4) is 0 Å². The van der Waals surface area contributed by atoms with Crippen molar-refractivity contribution in [1.29, 1.82) is 0 Å². The Labute approximate surface area is 138 Å². The van der Waals surface area contributed by atoms with Crippen LogP contribution in [0.2, 0.25) is 0 Å². The summed E-state index contributed by atoms with van der Waals surface area (Å²) < 4.78 is 0. The number of allylic oxidation sites excluding steroid dienone is 1. The monoisotopic (exact) mass is 314 g/mol. The Bertz CT molecular complexity index is 578. The fourth-order valence-electron chi connectivity index (χ4n) is 2.77. The maximum Gasteiger partial charge on any atom is 0.229 e. The lowest BCUT2D eigenvalue weighted by Crippen LogP contribution is -2.32. The molecule has 0 atom stereocenters. The summed E-state index contributed by atoms with van der Waals surface area (Å²) in [4.78, 5) is 23.6. The van der Waals surface area contributed by atoms with E-state index in [1.54, 1.807) is 0 Å². The minimum Gasteiger partial charge on any atom is -0.355 e. The molecule has 0 unspecified atom stereocenters. The predicted molar refractivity (Wildman–Crippen MR) is 91.8 cm³/mol. The molecule has 4 heteroatoms. The lowest BCUT2D eigenvalue weighted by molar-refractivity contribution is -0.129. The molecule has 0 bridgehead atoms. The van der Waals surface area contributed by atoms with Gasteiger partial charge in [0.25, 0.3) is 0 Å². The van der Waals surface area contributed by atoms with E-state index >= 15 is 0 Å². The van der Waals surface area contributed by atoms with Gasteiger partial charge in [-0.1, -0.05) is 35.9 Å². The highest BCUT2D eigenvalue weighted by atomic mass is 16.2. The van der Waals surface area contributed by atoms with Crippen molar-refractivity contribution in [3.8, 4) is 0 Å². The zero-order chi connectivity index (χ0) is 16.5. The van der Waals surface area contributed by atoms with Crippen LogP contribution in [0.15, 0.2) is 35.9 Å². The topological polar surface area (TPSA) is 58.2 Å². The zero-order valence-electron chi connectivity index (χ0n) is 13.9. The van der Waals surface area contributed by atoms with Crippen molar-refractivity contribution in [1.82, 2.24) is 10.6 Å². The zero-order valence-corrected chi connectivity index (χ0v) is 13.9. The number of carbonyl (C=O) groups excluding carboxylic acids is 2. The molecule has 0 aromatic heterocycles. The standard InChI is InChI=1S/C19H26N2O2/c1-15-7-5-6-10-17(15)14-21-19(23)13-18(22)20-12-11-16-8-3-2-4-9-16/h5-8,10H,2-4,9,11-14H2,1H3,(H,20,22)(H,21,23). The molecule has 1 aliphatic carbocycles. The van der Waals surface area contributed by atoms with Crippen molar-refractivity contribution in [2.75, 3.05) is 6.54 Å². The first kappa shape index (κ1) is 17.3. The molecular formula is C19H26N2O2. The summed E-state index contributed by atoms with van der Waals surface area (Å²) in [6.07, 6.45) is 7.90. The second kappa shape index (κ2) is 9.13. The normalized spacial score (nSPS) is 14.0. The highest BCUT2D eigenvalue weighted by Gasteiger charge is 2.10. The lowest BCUT2D eigenvalue weighted by atomic mass is 9.97. The first-order valence-electron chi connectivity index (χ1n) is 8.41. The molecule has 0 saturated carbocycles. The van der Waals surface area contributed by atoms with Gasteiger partial charge in [0.2, 0.25) is 11.8 Å². The Morgan fingerprint density at radius 3 is 2.61 bits per heavy atom. The summed E-state index contributed by atoms with van der Waals surface area (Å²) in [6, 6.07) is 7.90. The number of benzene rings is 1. The molecular weight excluding hydrogens is 288 g/mol. The number of amides is 2. The van der Waals surface area contributed by atoms with Crippen molar-refractivity contribution in [3.63, 3.8) is 0 Å². The van der Waals surface area contributed by atoms with Crippen LogP contribution in [0.4, 0.5) is 0 Å². The van der Waals surface area contributed by atoms with Gasteiger partial charge in [0.1, 0.15) is 6.42 Å². The number of hydrogen-bond acceptors (Lipinski definition) is 2. The molecule has 1 aliphatic rings. The Hall–Kier alpha value is -2.10. The fourth-order valence-corrected chi connectivity index (χ4v) is 2.77. The van der Waals surface area contributed by atoms with Crippen molar-refractivity contribution in [3.05, 3.63) is 47.0 Å². The maximum atomic E-state index is 11.8. The summed E-state index contributed by atoms with van der Waals surface area (Å²) in [7, 11) is 0. The molecule has 2 rings (SSSR count). The minimum atomic E-state index is -0.234. The third kappa shape index (κ3) is 6.27. The summed E-state index contributed by atoms with van der Waals surface area (Å²) in [5.74, 6) is -0.439. The van der Waals surface area contributed by atoms with Crippen LogP contribution in [-0.4, -0.2) is 18.4 Å². The Morgan fingerprint density at radius 2 is 1.87 bits per heavy atom. The van der Waals surface area contributed by atoms with E-state index in [0.29, 0.717) is 13.1 Å². The molecule has 4 nitrogen and oxygen atoms in total. The fraction of sp³-hybridized carbons (Fsp3) is 0.474. The first-order valence-corrected chi connectivity index (χ1v) is 8.41. The maximum absolute atomic E-state index is 11.8. The molecule has 0 spiro atoms. The van der Waals surface area contributed by atoms with Crippen LogP contribution in [0.25, 0.3) is 0 Å². The molecule has 0 fully saturated rings. The third-order valence-corrected chi connectivity index (χ3v) is 4.21. The second-order valence-corrected chi connectivity index (χ2v) is 6.09. The number of nitrogens with one attached hydrogen (secondary N) is 2. The molecule has 124 valence electrons. The van der Waals surface area contributed by atoms with Crippen LogP contribution in [0.1, 0.15) is 49.7 Å². The molecule has 0 aliphatic heterocycles. The molecule has 1 aromatic rings. The summed E-state index contributed by atoms with van der Waals surface area (Å²) in [5, 5.41) is 5.63. The van der Waals surface area contributed by atoms with E-state index in [1.807, 2.05) is 31.2 Å². The van der Waals surface area contributed by atoms with E-state index in [4.69, 9.17) is 0 Å². The molecule has 0 saturated heterocycles.